The number of nitrogens with one attached hydrogen (secondary N) is 1. The monoisotopic (exact) mass is 261 g/mol. The summed E-state index contributed by atoms with van der Waals surface area (Å²) in [4.78, 5) is 4.33. The highest BCUT2D eigenvalue weighted by Gasteiger charge is 2.24. The van der Waals surface area contributed by atoms with E-state index in [9.17, 15) is 5.11 Å². The first-order valence-corrected chi connectivity index (χ1v) is 7.03. The van der Waals surface area contributed by atoms with E-state index in [-0.39, 0.29) is 12.0 Å². The number of anilines is 1. The van der Waals surface area contributed by atoms with Gasteiger partial charge in [0.1, 0.15) is 0 Å². The summed E-state index contributed by atoms with van der Waals surface area (Å²) in [5, 5.41) is 12.8. The van der Waals surface area contributed by atoms with Crippen LogP contribution in [-0.4, -0.2) is 23.7 Å². The van der Waals surface area contributed by atoms with Crippen molar-refractivity contribution in [3.05, 3.63) is 29.8 Å². The van der Waals surface area contributed by atoms with Gasteiger partial charge in [-0.3, -0.25) is 4.99 Å². The third-order valence-corrected chi connectivity index (χ3v) is 3.72. The Morgan fingerprint density at radius 3 is 3.00 bits per heavy atom. The van der Waals surface area contributed by atoms with Crippen LogP contribution in [0.1, 0.15) is 31.7 Å². The maximum absolute atomic E-state index is 9.73. The SMILES string of the molecule is CCc1cccc(NC(N)=NCC2CCCC2O)c1. The van der Waals surface area contributed by atoms with Crippen LogP contribution in [0.4, 0.5) is 5.69 Å². The fourth-order valence-electron chi connectivity index (χ4n) is 2.50. The molecule has 2 unspecified atom stereocenters. The van der Waals surface area contributed by atoms with Gasteiger partial charge in [-0.25, -0.2) is 0 Å². The Balaban J connectivity index is 1.90. The summed E-state index contributed by atoms with van der Waals surface area (Å²) in [6.07, 6.45) is 3.82. The summed E-state index contributed by atoms with van der Waals surface area (Å²) in [7, 11) is 0. The number of guanidine groups is 1. The van der Waals surface area contributed by atoms with Crippen LogP contribution < -0.4 is 11.1 Å². The largest absolute Gasteiger partial charge is 0.393 e. The highest BCUT2D eigenvalue weighted by atomic mass is 16.3. The molecule has 1 aliphatic carbocycles. The van der Waals surface area contributed by atoms with Gasteiger partial charge in [-0.2, -0.15) is 0 Å². The summed E-state index contributed by atoms with van der Waals surface area (Å²) in [5.74, 6) is 0.690. The zero-order valence-corrected chi connectivity index (χ0v) is 11.5. The van der Waals surface area contributed by atoms with Crippen molar-refractivity contribution in [2.45, 2.75) is 38.7 Å². The molecule has 2 atom stereocenters. The maximum Gasteiger partial charge on any atom is 0.193 e. The topological polar surface area (TPSA) is 70.6 Å². The zero-order valence-electron chi connectivity index (χ0n) is 11.5. The number of nitrogens with zero attached hydrogens (tertiary/aromatic N) is 1. The van der Waals surface area contributed by atoms with Crippen LogP contribution in [0, 0.1) is 5.92 Å². The molecule has 1 saturated carbocycles. The van der Waals surface area contributed by atoms with Crippen molar-refractivity contribution in [1.29, 1.82) is 0 Å². The maximum atomic E-state index is 9.73. The molecule has 4 N–H and O–H groups in total. The zero-order chi connectivity index (χ0) is 13.7. The predicted octanol–water partition coefficient (Wildman–Crippen LogP) is 2.14. The molecule has 1 aromatic carbocycles. The molecular formula is C15H23N3O. The number of aliphatic imine (C=N–C) groups is 1. The van der Waals surface area contributed by atoms with Crippen LogP contribution in [0.5, 0.6) is 0 Å². The van der Waals surface area contributed by atoms with Crippen LogP contribution in [0.2, 0.25) is 0 Å². The number of aliphatic hydroxyl groups excluding tert-OH is 1. The lowest BCUT2D eigenvalue weighted by Crippen LogP contribution is -2.25. The van der Waals surface area contributed by atoms with E-state index in [1.54, 1.807) is 0 Å². The third kappa shape index (κ3) is 3.96. The van der Waals surface area contributed by atoms with Crippen molar-refractivity contribution in [2.75, 3.05) is 11.9 Å². The fraction of sp³-hybridized carbons (Fsp3) is 0.533. The van der Waals surface area contributed by atoms with Crippen molar-refractivity contribution >= 4 is 11.6 Å². The number of benzene rings is 1. The van der Waals surface area contributed by atoms with Crippen molar-refractivity contribution in [1.82, 2.24) is 0 Å². The molecule has 0 amide bonds. The van der Waals surface area contributed by atoms with Gasteiger partial charge in [-0.1, -0.05) is 25.5 Å². The highest BCUT2D eigenvalue weighted by molar-refractivity contribution is 5.92. The van der Waals surface area contributed by atoms with E-state index in [0.29, 0.717) is 12.5 Å². The van der Waals surface area contributed by atoms with Crippen molar-refractivity contribution < 1.29 is 5.11 Å². The molecular weight excluding hydrogens is 238 g/mol. The fourth-order valence-corrected chi connectivity index (χ4v) is 2.50. The van der Waals surface area contributed by atoms with Gasteiger partial charge in [-0.15, -0.1) is 0 Å². The second kappa shape index (κ2) is 6.57. The van der Waals surface area contributed by atoms with Crippen LogP contribution in [-0.2, 0) is 6.42 Å². The standard InChI is InChI=1S/C15H23N3O/c1-2-11-5-3-7-13(9-11)18-15(16)17-10-12-6-4-8-14(12)19/h3,5,7,9,12,14,19H,2,4,6,8,10H2,1H3,(H3,16,17,18). The van der Waals surface area contributed by atoms with Crippen molar-refractivity contribution in [2.24, 2.45) is 16.6 Å². The molecule has 0 bridgehead atoms. The second-order valence-electron chi connectivity index (χ2n) is 5.16. The summed E-state index contributed by atoms with van der Waals surface area (Å²) in [6, 6.07) is 8.15. The highest BCUT2D eigenvalue weighted by Crippen LogP contribution is 2.25. The summed E-state index contributed by atoms with van der Waals surface area (Å²) < 4.78 is 0. The first-order valence-electron chi connectivity index (χ1n) is 7.03. The molecule has 1 aromatic rings. The minimum Gasteiger partial charge on any atom is -0.393 e. The Labute approximate surface area is 114 Å². The average Bonchev–Trinajstić information content (AvgIpc) is 2.82. The number of nitrogens with two attached hydrogens (primary N) is 1. The van der Waals surface area contributed by atoms with E-state index in [2.05, 4.69) is 29.4 Å². The van der Waals surface area contributed by atoms with Gasteiger partial charge >= 0.3 is 0 Å². The molecule has 0 heterocycles. The van der Waals surface area contributed by atoms with Gasteiger partial charge in [-0.05, 0) is 37.0 Å². The van der Waals surface area contributed by atoms with Gasteiger partial charge in [0.15, 0.2) is 5.96 Å². The van der Waals surface area contributed by atoms with E-state index in [0.717, 1.165) is 31.4 Å². The van der Waals surface area contributed by atoms with Crippen LogP contribution in [0.3, 0.4) is 0 Å². The molecule has 2 rings (SSSR count). The van der Waals surface area contributed by atoms with E-state index in [4.69, 9.17) is 5.73 Å². The number of aliphatic hydroxyl groups is 1. The van der Waals surface area contributed by atoms with Crippen LogP contribution in [0.25, 0.3) is 0 Å². The Hall–Kier alpha value is -1.55. The smallest absolute Gasteiger partial charge is 0.193 e. The van der Waals surface area contributed by atoms with Gasteiger partial charge < -0.3 is 16.2 Å². The lowest BCUT2D eigenvalue weighted by molar-refractivity contribution is 0.137. The normalized spacial score (nSPS) is 23.6. The molecule has 19 heavy (non-hydrogen) atoms. The predicted molar refractivity (Wildman–Crippen MR) is 79.3 cm³/mol. The molecule has 4 nitrogen and oxygen atoms in total. The lowest BCUT2D eigenvalue weighted by Gasteiger charge is -2.12. The third-order valence-electron chi connectivity index (χ3n) is 3.72. The first kappa shape index (κ1) is 13.9. The van der Waals surface area contributed by atoms with Crippen molar-refractivity contribution in [3.8, 4) is 0 Å². The van der Waals surface area contributed by atoms with Gasteiger partial charge in [0.05, 0.1) is 6.10 Å². The number of hydrogen-bond acceptors (Lipinski definition) is 2. The molecule has 0 saturated heterocycles. The molecule has 1 fully saturated rings. The van der Waals surface area contributed by atoms with Gasteiger partial charge in [0.2, 0.25) is 0 Å². The molecule has 104 valence electrons. The van der Waals surface area contributed by atoms with Crippen LogP contribution in [0.15, 0.2) is 29.3 Å². The number of rotatable bonds is 4. The minimum absolute atomic E-state index is 0.208. The first-order chi connectivity index (χ1) is 9.19. The number of aryl methyl sites for hydroxylation is 1. The average molecular weight is 261 g/mol. The van der Waals surface area contributed by atoms with E-state index in [1.807, 2.05) is 12.1 Å². The van der Waals surface area contributed by atoms with E-state index in [1.165, 1.54) is 5.56 Å². The molecule has 4 heteroatoms. The lowest BCUT2D eigenvalue weighted by atomic mass is 10.1. The van der Waals surface area contributed by atoms with Crippen LogP contribution >= 0.6 is 0 Å². The van der Waals surface area contributed by atoms with Gasteiger partial charge in [0.25, 0.3) is 0 Å². The summed E-state index contributed by atoms with van der Waals surface area (Å²) >= 11 is 0. The van der Waals surface area contributed by atoms with Gasteiger partial charge in [0, 0.05) is 18.2 Å². The Bertz CT molecular complexity index is 445. The van der Waals surface area contributed by atoms with E-state index >= 15 is 0 Å². The second-order valence-corrected chi connectivity index (χ2v) is 5.16. The van der Waals surface area contributed by atoms with Crippen molar-refractivity contribution in [3.63, 3.8) is 0 Å². The Kier molecular flexibility index (Phi) is 4.80. The van der Waals surface area contributed by atoms with E-state index < -0.39 is 0 Å². The Morgan fingerprint density at radius 2 is 2.32 bits per heavy atom. The summed E-state index contributed by atoms with van der Waals surface area (Å²) in [6.45, 7) is 2.73. The molecule has 0 spiro atoms. The molecule has 0 radical (unpaired) electrons. The minimum atomic E-state index is -0.208. The molecule has 0 aromatic heterocycles. The quantitative estimate of drug-likeness (QED) is 0.574. The molecule has 1 aliphatic rings. The Morgan fingerprint density at radius 1 is 1.47 bits per heavy atom. The number of hydrogen-bond donors (Lipinski definition) is 3. The summed E-state index contributed by atoms with van der Waals surface area (Å²) in [5.41, 5.74) is 8.11. The molecule has 0 aliphatic heterocycles.